The minimum absolute atomic E-state index is 0. The topological polar surface area (TPSA) is 45.2 Å². The van der Waals surface area contributed by atoms with Gasteiger partial charge in [0.25, 0.3) is 0 Å². The number of carbonyl (C=O) groups is 1. The van der Waals surface area contributed by atoms with Gasteiger partial charge >= 0.3 is 0 Å². The molecule has 1 aromatic carbocycles. The second-order valence-corrected chi connectivity index (χ2v) is 6.65. The van der Waals surface area contributed by atoms with Crippen LogP contribution in [0.4, 0.5) is 8.78 Å². The monoisotopic (exact) mass is 379 g/mol. The standard InChI is InChI=1S/C19H19F2N3O.ClH/c20-13-3-4-17(21)15(8-13)14-9-16(14)19(25)24-7-6-23-11-18(24)12-2-1-5-22-10-12;/h1-5,8,10,14,16,18,23H,6-7,9,11H2;1H. The molecule has 0 bridgehead atoms. The SMILES string of the molecule is Cl.O=C(C1CC1c1cc(F)ccc1F)N1CCNCC1c1cccnc1. The van der Waals surface area contributed by atoms with E-state index in [9.17, 15) is 13.6 Å². The lowest BCUT2D eigenvalue weighted by atomic mass is 10.0. The number of aromatic nitrogens is 1. The van der Waals surface area contributed by atoms with Crippen molar-refractivity contribution in [3.05, 3.63) is 65.5 Å². The highest BCUT2D eigenvalue weighted by Crippen LogP contribution is 2.50. The average Bonchev–Trinajstić information content (AvgIpc) is 3.44. The zero-order chi connectivity index (χ0) is 17.4. The first-order valence-electron chi connectivity index (χ1n) is 8.51. The fraction of sp³-hybridized carbons (Fsp3) is 0.368. The molecule has 3 atom stereocenters. The number of benzene rings is 1. The molecule has 4 rings (SSSR count). The molecule has 0 spiro atoms. The molecule has 2 fully saturated rings. The normalized spacial score (nSPS) is 24.7. The maximum Gasteiger partial charge on any atom is 0.226 e. The van der Waals surface area contributed by atoms with Crippen LogP contribution in [0.5, 0.6) is 0 Å². The molecule has 26 heavy (non-hydrogen) atoms. The van der Waals surface area contributed by atoms with Crippen LogP contribution in [0.1, 0.15) is 29.5 Å². The van der Waals surface area contributed by atoms with Gasteiger partial charge < -0.3 is 10.2 Å². The van der Waals surface area contributed by atoms with Crippen LogP contribution in [-0.4, -0.2) is 35.4 Å². The van der Waals surface area contributed by atoms with Crippen molar-refractivity contribution in [1.29, 1.82) is 0 Å². The van der Waals surface area contributed by atoms with E-state index in [0.29, 0.717) is 25.1 Å². The molecule has 1 aliphatic carbocycles. The fourth-order valence-corrected chi connectivity index (χ4v) is 3.66. The summed E-state index contributed by atoms with van der Waals surface area (Å²) in [5.41, 5.74) is 1.29. The van der Waals surface area contributed by atoms with E-state index in [-0.39, 0.29) is 36.2 Å². The third-order valence-corrected chi connectivity index (χ3v) is 5.06. The maximum absolute atomic E-state index is 14.0. The minimum atomic E-state index is -0.468. The maximum atomic E-state index is 14.0. The number of halogens is 3. The van der Waals surface area contributed by atoms with E-state index in [1.54, 1.807) is 12.4 Å². The molecule has 3 unspecified atom stereocenters. The first-order valence-corrected chi connectivity index (χ1v) is 8.51. The molecular formula is C19H20ClF2N3O. The Morgan fingerprint density at radius 3 is 2.88 bits per heavy atom. The molecule has 1 saturated heterocycles. The summed E-state index contributed by atoms with van der Waals surface area (Å²) in [5, 5.41) is 3.31. The Kier molecular flexibility index (Phi) is 5.53. The minimum Gasteiger partial charge on any atom is -0.333 e. The van der Waals surface area contributed by atoms with Crippen molar-refractivity contribution in [1.82, 2.24) is 15.2 Å². The van der Waals surface area contributed by atoms with Gasteiger partial charge in [0.15, 0.2) is 0 Å². The van der Waals surface area contributed by atoms with Crippen LogP contribution >= 0.6 is 12.4 Å². The van der Waals surface area contributed by atoms with Gasteiger partial charge in [-0.2, -0.15) is 0 Å². The summed E-state index contributed by atoms with van der Waals surface area (Å²) in [4.78, 5) is 19.0. The number of hydrogen-bond acceptors (Lipinski definition) is 3. The second-order valence-electron chi connectivity index (χ2n) is 6.65. The Morgan fingerprint density at radius 2 is 2.12 bits per heavy atom. The Hall–Kier alpha value is -2.05. The Balaban J connectivity index is 0.00000196. The van der Waals surface area contributed by atoms with Crippen molar-refractivity contribution < 1.29 is 13.6 Å². The number of nitrogens with one attached hydrogen (secondary N) is 1. The quantitative estimate of drug-likeness (QED) is 0.891. The highest BCUT2D eigenvalue weighted by Gasteiger charge is 2.48. The lowest BCUT2D eigenvalue weighted by molar-refractivity contribution is -0.136. The molecule has 1 aliphatic heterocycles. The van der Waals surface area contributed by atoms with Gasteiger partial charge in [0.1, 0.15) is 11.6 Å². The van der Waals surface area contributed by atoms with Gasteiger partial charge in [0, 0.05) is 37.9 Å². The van der Waals surface area contributed by atoms with E-state index in [1.807, 2.05) is 17.0 Å². The summed E-state index contributed by atoms with van der Waals surface area (Å²) >= 11 is 0. The number of amides is 1. The van der Waals surface area contributed by atoms with Crippen LogP contribution in [0.25, 0.3) is 0 Å². The lowest BCUT2D eigenvalue weighted by Gasteiger charge is -2.36. The largest absolute Gasteiger partial charge is 0.333 e. The average molecular weight is 380 g/mol. The van der Waals surface area contributed by atoms with E-state index in [2.05, 4.69) is 10.3 Å². The highest BCUT2D eigenvalue weighted by atomic mass is 35.5. The van der Waals surface area contributed by atoms with Gasteiger partial charge in [-0.1, -0.05) is 6.07 Å². The molecule has 4 nitrogen and oxygen atoms in total. The van der Waals surface area contributed by atoms with Crippen LogP contribution in [-0.2, 0) is 4.79 Å². The highest BCUT2D eigenvalue weighted by molar-refractivity contribution is 5.85. The summed E-state index contributed by atoms with van der Waals surface area (Å²) in [5.74, 6) is -1.39. The molecule has 1 amide bonds. The molecule has 0 radical (unpaired) electrons. The third-order valence-electron chi connectivity index (χ3n) is 5.06. The Labute approximate surface area is 157 Å². The van der Waals surface area contributed by atoms with Gasteiger partial charge in [-0.15, -0.1) is 12.4 Å². The van der Waals surface area contributed by atoms with Gasteiger partial charge in [-0.25, -0.2) is 8.78 Å². The van der Waals surface area contributed by atoms with Crippen molar-refractivity contribution >= 4 is 18.3 Å². The molecule has 2 heterocycles. The van der Waals surface area contributed by atoms with Crippen molar-refractivity contribution in [2.75, 3.05) is 19.6 Å². The van der Waals surface area contributed by atoms with Gasteiger partial charge in [0.05, 0.1) is 6.04 Å². The molecule has 138 valence electrons. The van der Waals surface area contributed by atoms with Crippen LogP contribution in [0.15, 0.2) is 42.7 Å². The molecular weight excluding hydrogens is 360 g/mol. The van der Waals surface area contributed by atoms with Crippen molar-refractivity contribution in [2.24, 2.45) is 5.92 Å². The first kappa shape index (κ1) is 18.7. The zero-order valence-electron chi connectivity index (χ0n) is 14.1. The Morgan fingerprint density at radius 1 is 1.27 bits per heavy atom. The van der Waals surface area contributed by atoms with Crippen LogP contribution < -0.4 is 5.32 Å². The number of rotatable bonds is 3. The molecule has 1 saturated carbocycles. The summed E-state index contributed by atoms with van der Waals surface area (Å²) in [7, 11) is 0. The van der Waals surface area contributed by atoms with Crippen molar-refractivity contribution in [3.63, 3.8) is 0 Å². The first-order chi connectivity index (χ1) is 12.1. The third kappa shape index (κ3) is 3.57. The molecule has 1 N–H and O–H groups in total. The Bertz CT molecular complexity index is 790. The van der Waals surface area contributed by atoms with Crippen molar-refractivity contribution in [3.8, 4) is 0 Å². The number of hydrogen-bond donors (Lipinski definition) is 1. The van der Waals surface area contributed by atoms with Gasteiger partial charge in [0.2, 0.25) is 5.91 Å². The predicted molar refractivity (Wildman–Crippen MR) is 96.0 cm³/mol. The van der Waals surface area contributed by atoms with E-state index >= 15 is 0 Å². The molecule has 1 aromatic heterocycles. The zero-order valence-corrected chi connectivity index (χ0v) is 14.9. The van der Waals surface area contributed by atoms with E-state index in [0.717, 1.165) is 24.2 Å². The van der Waals surface area contributed by atoms with E-state index in [4.69, 9.17) is 0 Å². The summed E-state index contributed by atoms with van der Waals surface area (Å²) < 4.78 is 27.4. The van der Waals surface area contributed by atoms with Crippen molar-refractivity contribution in [2.45, 2.75) is 18.4 Å². The predicted octanol–water partition coefficient (Wildman–Crippen LogP) is 3.06. The summed E-state index contributed by atoms with van der Waals surface area (Å²) in [6, 6.07) is 7.19. The van der Waals surface area contributed by atoms with Crippen LogP contribution in [0.3, 0.4) is 0 Å². The van der Waals surface area contributed by atoms with E-state index < -0.39 is 11.6 Å². The lowest BCUT2D eigenvalue weighted by Crippen LogP contribution is -2.49. The molecule has 7 heteroatoms. The van der Waals surface area contributed by atoms with Crippen LogP contribution in [0, 0.1) is 17.6 Å². The number of carbonyl (C=O) groups excluding carboxylic acids is 1. The molecule has 2 aromatic rings. The number of nitrogens with zero attached hydrogens (tertiary/aromatic N) is 2. The summed E-state index contributed by atoms with van der Waals surface area (Å²) in [6.07, 6.45) is 4.05. The summed E-state index contributed by atoms with van der Waals surface area (Å²) in [6.45, 7) is 2.00. The fourth-order valence-electron chi connectivity index (χ4n) is 3.66. The number of piperazine rings is 1. The van der Waals surface area contributed by atoms with Gasteiger partial charge in [-0.3, -0.25) is 9.78 Å². The smallest absolute Gasteiger partial charge is 0.226 e. The van der Waals surface area contributed by atoms with Crippen LogP contribution in [0.2, 0.25) is 0 Å². The van der Waals surface area contributed by atoms with Gasteiger partial charge in [-0.05, 0) is 47.7 Å². The second kappa shape index (κ2) is 7.68. The number of pyridine rings is 1. The van der Waals surface area contributed by atoms with E-state index in [1.165, 1.54) is 6.07 Å². The molecule has 2 aliphatic rings.